The van der Waals surface area contributed by atoms with Crippen LogP contribution in [-0.4, -0.2) is 17.9 Å². The number of carboxylic acids is 1. The molecule has 1 aliphatic heterocycles. The summed E-state index contributed by atoms with van der Waals surface area (Å²) in [7, 11) is 0. The molecule has 1 saturated carbocycles. The second-order valence-corrected chi connectivity index (χ2v) is 5.72. The molecular weight excluding hydrogens is 256 g/mol. The second kappa shape index (κ2) is 5.73. The van der Waals surface area contributed by atoms with E-state index < -0.39 is 5.97 Å². The predicted molar refractivity (Wildman–Crippen MR) is 74.1 cm³/mol. The molecule has 20 heavy (non-hydrogen) atoms. The Bertz CT molecular complexity index is 491. The molecule has 1 aromatic carbocycles. The van der Waals surface area contributed by atoms with E-state index in [9.17, 15) is 9.90 Å². The van der Waals surface area contributed by atoms with Crippen LogP contribution in [0.3, 0.4) is 0 Å². The van der Waals surface area contributed by atoms with Crippen LogP contribution in [0.15, 0.2) is 18.2 Å². The minimum Gasteiger partial charge on any atom is -0.481 e. The first-order chi connectivity index (χ1) is 9.74. The highest BCUT2D eigenvalue weighted by Gasteiger charge is 2.28. The standard InChI is InChI=1S/C16H20O4/c17-16(18)9-13(11-4-2-1-3-5-11)12-6-7-14-15(8-12)20-10-19-14/h6-8,11,13H,1-5,9-10H2,(H,17,18). The first-order valence-electron chi connectivity index (χ1n) is 7.35. The largest absolute Gasteiger partial charge is 0.481 e. The monoisotopic (exact) mass is 276 g/mol. The maximum Gasteiger partial charge on any atom is 0.303 e. The maximum absolute atomic E-state index is 11.2. The maximum atomic E-state index is 11.2. The Morgan fingerprint density at radius 3 is 2.70 bits per heavy atom. The summed E-state index contributed by atoms with van der Waals surface area (Å²) < 4.78 is 10.7. The van der Waals surface area contributed by atoms with Crippen molar-refractivity contribution in [2.45, 2.75) is 44.4 Å². The molecule has 0 saturated heterocycles. The SMILES string of the molecule is O=C(O)CC(c1ccc2c(c1)OCO2)C1CCCCC1. The van der Waals surface area contributed by atoms with Crippen molar-refractivity contribution in [1.29, 1.82) is 0 Å². The van der Waals surface area contributed by atoms with E-state index in [-0.39, 0.29) is 19.1 Å². The molecule has 0 radical (unpaired) electrons. The van der Waals surface area contributed by atoms with Gasteiger partial charge >= 0.3 is 5.97 Å². The van der Waals surface area contributed by atoms with Gasteiger partial charge in [0.25, 0.3) is 0 Å². The Balaban J connectivity index is 1.85. The van der Waals surface area contributed by atoms with Gasteiger partial charge in [0.2, 0.25) is 6.79 Å². The van der Waals surface area contributed by atoms with Crippen molar-refractivity contribution in [3.8, 4) is 11.5 Å². The zero-order valence-electron chi connectivity index (χ0n) is 11.5. The van der Waals surface area contributed by atoms with Crippen molar-refractivity contribution in [2.24, 2.45) is 5.92 Å². The fourth-order valence-electron chi connectivity index (χ4n) is 3.43. The van der Waals surface area contributed by atoms with Crippen molar-refractivity contribution >= 4 is 5.97 Å². The molecule has 0 spiro atoms. The van der Waals surface area contributed by atoms with E-state index in [4.69, 9.17) is 9.47 Å². The molecule has 2 aliphatic rings. The van der Waals surface area contributed by atoms with Gasteiger partial charge in [0.1, 0.15) is 0 Å². The summed E-state index contributed by atoms with van der Waals surface area (Å²) in [6.45, 7) is 0.256. The van der Waals surface area contributed by atoms with Crippen molar-refractivity contribution in [3.63, 3.8) is 0 Å². The van der Waals surface area contributed by atoms with Crippen LogP contribution >= 0.6 is 0 Å². The molecule has 0 aromatic heterocycles. The number of fused-ring (bicyclic) bond motifs is 1. The van der Waals surface area contributed by atoms with Gasteiger partial charge in [0.15, 0.2) is 11.5 Å². The Labute approximate surface area is 118 Å². The normalized spacial score (nSPS) is 19.8. The molecule has 3 rings (SSSR count). The molecule has 1 aromatic rings. The lowest BCUT2D eigenvalue weighted by molar-refractivity contribution is -0.137. The lowest BCUT2D eigenvalue weighted by Gasteiger charge is -2.29. The average molecular weight is 276 g/mol. The Morgan fingerprint density at radius 1 is 1.20 bits per heavy atom. The number of rotatable bonds is 4. The van der Waals surface area contributed by atoms with Crippen LogP contribution in [-0.2, 0) is 4.79 Å². The number of carbonyl (C=O) groups is 1. The summed E-state index contributed by atoms with van der Waals surface area (Å²) in [5, 5.41) is 9.21. The molecule has 1 N–H and O–H groups in total. The van der Waals surface area contributed by atoms with Gasteiger partial charge in [0, 0.05) is 0 Å². The molecule has 4 heteroatoms. The van der Waals surface area contributed by atoms with Crippen LogP contribution in [0.1, 0.15) is 50.0 Å². The van der Waals surface area contributed by atoms with Gasteiger partial charge in [-0.3, -0.25) is 4.79 Å². The molecule has 1 unspecified atom stereocenters. The van der Waals surface area contributed by atoms with Crippen LogP contribution in [0.4, 0.5) is 0 Å². The van der Waals surface area contributed by atoms with Crippen LogP contribution in [0.5, 0.6) is 11.5 Å². The summed E-state index contributed by atoms with van der Waals surface area (Å²) in [6, 6.07) is 5.86. The molecule has 1 fully saturated rings. The third-order valence-corrected chi connectivity index (χ3v) is 4.44. The van der Waals surface area contributed by atoms with E-state index in [0.717, 1.165) is 29.9 Å². The molecule has 108 valence electrons. The summed E-state index contributed by atoms with van der Waals surface area (Å²) in [5.74, 6) is 1.33. The fraction of sp³-hybridized carbons (Fsp3) is 0.562. The number of hydrogen-bond acceptors (Lipinski definition) is 3. The summed E-state index contributed by atoms with van der Waals surface area (Å²) in [5.41, 5.74) is 1.07. The quantitative estimate of drug-likeness (QED) is 0.913. The van der Waals surface area contributed by atoms with Gasteiger partial charge < -0.3 is 14.6 Å². The lowest BCUT2D eigenvalue weighted by atomic mass is 9.75. The third kappa shape index (κ3) is 2.74. The molecule has 1 heterocycles. The Morgan fingerprint density at radius 2 is 1.95 bits per heavy atom. The fourth-order valence-corrected chi connectivity index (χ4v) is 3.43. The van der Waals surface area contributed by atoms with Gasteiger partial charge in [0.05, 0.1) is 6.42 Å². The Hall–Kier alpha value is -1.71. The second-order valence-electron chi connectivity index (χ2n) is 5.72. The highest BCUT2D eigenvalue weighted by molar-refractivity contribution is 5.68. The molecule has 4 nitrogen and oxygen atoms in total. The molecule has 0 bridgehead atoms. The molecular formula is C16H20O4. The van der Waals surface area contributed by atoms with Crippen molar-refractivity contribution in [1.82, 2.24) is 0 Å². The van der Waals surface area contributed by atoms with Crippen LogP contribution < -0.4 is 9.47 Å². The first-order valence-corrected chi connectivity index (χ1v) is 7.35. The number of benzene rings is 1. The van der Waals surface area contributed by atoms with Gasteiger partial charge in [-0.05, 0) is 42.4 Å². The number of aliphatic carboxylic acids is 1. The number of hydrogen-bond donors (Lipinski definition) is 1. The molecule has 1 aliphatic carbocycles. The van der Waals surface area contributed by atoms with Gasteiger partial charge in [-0.1, -0.05) is 25.3 Å². The van der Waals surface area contributed by atoms with Gasteiger partial charge in [-0.2, -0.15) is 0 Å². The topological polar surface area (TPSA) is 55.8 Å². The van der Waals surface area contributed by atoms with E-state index in [1.807, 2.05) is 18.2 Å². The number of carboxylic acid groups (broad SMARTS) is 1. The van der Waals surface area contributed by atoms with Crippen molar-refractivity contribution < 1.29 is 19.4 Å². The first kappa shape index (κ1) is 13.3. The van der Waals surface area contributed by atoms with E-state index >= 15 is 0 Å². The van der Waals surface area contributed by atoms with Crippen molar-refractivity contribution in [3.05, 3.63) is 23.8 Å². The van der Waals surface area contributed by atoms with Gasteiger partial charge in [-0.25, -0.2) is 0 Å². The third-order valence-electron chi connectivity index (χ3n) is 4.44. The average Bonchev–Trinajstić information content (AvgIpc) is 2.93. The van der Waals surface area contributed by atoms with Crippen LogP contribution in [0.2, 0.25) is 0 Å². The minimum absolute atomic E-state index is 0.0855. The zero-order chi connectivity index (χ0) is 13.9. The predicted octanol–water partition coefficient (Wildman–Crippen LogP) is 3.55. The van der Waals surface area contributed by atoms with E-state index in [1.165, 1.54) is 19.3 Å². The number of ether oxygens (including phenoxy) is 2. The highest BCUT2D eigenvalue weighted by atomic mass is 16.7. The summed E-state index contributed by atoms with van der Waals surface area (Å²) in [4.78, 5) is 11.2. The zero-order valence-corrected chi connectivity index (χ0v) is 11.5. The highest BCUT2D eigenvalue weighted by Crippen LogP contribution is 2.41. The van der Waals surface area contributed by atoms with E-state index in [0.29, 0.717) is 5.92 Å². The smallest absolute Gasteiger partial charge is 0.303 e. The van der Waals surface area contributed by atoms with Crippen molar-refractivity contribution in [2.75, 3.05) is 6.79 Å². The van der Waals surface area contributed by atoms with E-state index in [1.54, 1.807) is 0 Å². The van der Waals surface area contributed by atoms with Crippen LogP contribution in [0, 0.1) is 5.92 Å². The molecule has 0 amide bonds. The van der Waals surface area contributed by atoms with E-state index in [2.05, 4.69) is 0 Å². The van der Waals surface area contributed by atoms with Gasteiger partial charge in [-0.15, -0.1) is 0 Å². The summed E-state index contributed by atoms with van der Waals surface area (Å²) in [6.07, 6.45) is 6.16. The summed E-state index contributed by atoms with van der Waals surface area (Å²) >= 11 is 0. The lowest BCUT2D eigenvalue weighted by Crippen LogP contribution is -2.19. The Kier molecular flexibility index (Phi) is 3.81. The van der Waals surface area contributed by atoms with Crippen LogP contribution in [0.25, 0.3) is 0 Å². The molecule has 1 atom stereocenters. The minimum atomic E-state index is -0.724.